The number of thiazole rings is 1. The zero-order valence-corrected chi connectivity index (χ0v) is 15.0. The van der Waals surface area contributed by atoms with Gasteiger partial charge in [-0.1, -0.05) is 12.1 Å². The number of hydrogen-bond acceptors (Lipinski definition) is 5. The Morgan fingerprint density at radius 3 is 2.39 bits per heavy atom. The van der Waals surface area contributed by atoms with Gasteiger partial charge in [-0.2, -0.15) is 13.2 Å². The minimum absolute atomic E-state index is 0.166. The molecule has 1 unspecified atom stereocenters. The van der Waals surface area contributed by atoms with Crippen LogP contribution in [0.25, 0.3) is 0 Å². The highest BCUT2D eigenvalue weighted by Gasteiger charge is 2.31. The molecular weight excluding hydrogens is 414 g/mol. The Morgan fingerprint density at radius 2 is 1.82 bits per heavy atom. The van der Waals surface area contributed by atoms with Crippen molar-refractivity contribution in [1.82, 2.24) is 4.98 Å². The highest BCUT2D eigenvalue weighted by molar-refractivity contribution is 7.15. The summed E-state index contributed by atoms with van der Waals surface area (Å²) in [7, 11) is 0. The number of amides is 1. The van der Waals surface area contributed by atoms with Gasteiger partial charge in [0.25, 0.3) is 5.91 Å². The van der Waals surface area contributed by atoms with Gasteiger partial charge >= 0.3 is 12.5 Å². The van der Waals surface area contributed by atoms with Gasteiger partial charge in [-0.15, -0.1) is 24.5 Å². The molecule has 0 radical (unpaired) electrons. The summed E-state index contributed by atoms with van der Waals surface area (Å²) < 4.78 is 80.9. The van der Waals surface area contributed by atoms with Crippen molar-refractivity contribution in [3.05, 3.63) is 40.9 Å². The third kappa shape index (κ3) is 7.72. The number of carbonyl (C=O) groups is 1. The molecule has 1 atom stereocenters. The summed E-state index contributed by atoms with van der Waals surface area (Å²) >= 11 is 1.08. The molecule has 1 aromatic carbocycles. The van der Waals surface area contributed by atoms with Gasteiger partial charge in [0, 0.05) is 17.5 Å². The zero-order chi connectivity index (χ0) is 20.9. The van der Waals surface area contributed by atoms with Crippen molar-refractivity contribution in [2.75, 3.05) is 11.9 Å². The summed E-state index contributed by atoms with van der Waals surface area (Å²) in [6, 6.07) is 5.25. The first-order valence-electron chi connectivity index (χ1n) is 7.70. The van der Waals surface area contributed by atoms with Crippen LogP contribution < -0.4 is 10.1 Å². The van der Waals surface area contributed by atoms with E-state index in [0.717, 1.165) is 11.3 Å². The van der Waals surface area contributed by atoms with Crippen LogP contribution >= 0.6 is 11.3 Å². The molecule has 154 valence electrons. The van der Waals surface area contributed by atoms with Crippen molar-refractivity contribution in [2.45, 2.75) is 32.0 Å². The van der Waals surface area contributed by atoms with Gasteiger partial charge in [0.1, 0.15) is 18.5 Å². The van der Waals surface area contributed by atoms with Crippen LogP contribution in [0.4, 0.5) is 31.5 Å². The second-order valence-electron chi connectivity index (χ2n) is 5.56. The number of halogens is 6. The second kappa shape index (κ2) is 8.78. The lowest BCUT2D eigenvalue weighted by molar-refractivity contribution is -0.274. The molecule has 2 rings (SSSR count). The Labute approximate surface area is 159 Å². The summed E-state index contributed by atoms with van der Waals surface area (Å²) in [5, 5.41) is 2.52. The molecule has 0 aliphatic carbocycles. The Bertz CT molecular complexity index is 789. The van der Waals surface area contributed by atoms with Crippen LogP contribution in [-0.4, -0.2) is 36.1 Å². The van der Waals surface area contributed by atoms with Crippen molar-refractivity contribution in [3.8, 4) is 5.75 Å². The molecule has 0 spiro atoms. The molecule has 0 saturated carbocycles. The maximum absolute atomic E-state index is 12.1. The van der Waals surface area contributed by atoms with E-state index in [2.05, 4.69) is 19.8 Å². The maximum Gasteiger partial charge on any atom is 0.573 e. The first kappa shape index (κ1) is 22.0. The van der Waals surface area contributed by atoms with Gasteiger partial charge in [-0.25, -0.2) is 4.98 Å². The number of carbonyl (C=O) groups excluding carboxylic acids is 1. The first-order valence-corrected chi connectivity index (χ1v) is 8.51. The standard InChI is InChI=1S/C16H14F6N2O3S/c1-9(26-8-15(17,18)19)13(25)24-14-23-7-12(28-14)6-10-2-4-11(5-3-10)27-16(20,21)22/h2-5,7,9H,6,8H2,1H3,(H,23,24,25). The number of nitrogens with zero attached hydrogens (tertiary/aromatic N) is 1. The number of aromatic nitrogens is 1. The van der Waals surface area contributed by atoms with Gasteiger partial charge in [-0.3, -0.25) is 10.1 Å². The fraction of sp³-hybridized carbons (Fsp3) is 0.375. The average molecular weight is 428 g/mol. The molecule has 0 saturated heterocycles. The topological polar surface area (TPSA) is 60.5 Å². The predicted molar refractivity (Wildman–Crippen MR) is 88.1 cm³/mol. The molecule has 0 aliphatic heterocycles. The highest BCUT2D eigenvalue weighted by Crippen LogP contribution is 2.25. The smallest absolute Gasteiger partial charge is 0.406 e. The molecule has 0 fully saturated rings. The fourth-order valence-corrected chi connectivity index (χ4v) is 2.81. The average Bonchev–Trinajstić information content (AvgIpc) is 2.99. The summed E-state index contributed by atoms with van der Waals surface area (Å²) in [5.74, 6) is -1.12. The number of anilines is 1. The third-order valence-corrected chi connectivity index (χ3v) is 4.10. The van der Waals surface area contributed by atoms with Gasteiger partial charge < -0.3 is 9.47 Å². The van der Waals surface area contributed by atoms with Crippen molar-refractivity contribution < 1.29 is 40.6 Å². The van der Waals surface area contributed by atoms with E-state index in [1.807, 2.05) is 0 Å². The Hall–Kier alpha value is -2.34. The van der Waals surface area contributed by atoms with Crippen molar-refractivity contribution in [3.63, 3.8) is 0 Å². The molecule has 1 N–H and O–H groups in total. The van der Waals surface area contributed by atoms with E-state index in [-0.39, 0.29) is 10.9 Å². The monoisotopic (exact) mass is 428 g/mol. The molecule has 1 amide bonds. The molecular formula is C16H14F6N2O3S. The number of rotatable bonds is 7. The van der Waals surface area contributed by atoms with Crippen LogP contribution in [-0.2, 0) is 16.0 Å². The zero-order valence-electron chi connectivity index (χ0n) is 14.2. The molecule has 0 aliphatic rings. The minimum atomic E-state index is -4.77. The number of alkyl halides is 6. The summed E-state index contributed by atoms with van der Waals surface area (Å²) in [6.45, 7) is -0.362. The minimum Gasteiger partial charge on any atom is -0.406 e. The van der Waals surface area contributed by atoms with Gasteiger partial charge in [-0.05, 0) is 24.6 Å². The molecule has 1 heterocycles. The van der Waals surface area contributed by atoms with Gasteiger partial charge in [0.05, 0.1) is 0 Å². The summed E-state index contributed by atoms with van der Waals surface area (Å²) in [6.07, 6.45) is -8.85. The molecule has 0 bridgehead atoms. The van der Waals surface area contributed by atoms with E-state index in [9.17, 15) is 31.1 Å². The van der Waals surface area contributed by atoms with E-state index in [0.29, 0.717) is 16.9 Å². The molecule has 2 aromatic rings. The molecule has 12 heteroatoms. The van der Waals surface area contributed by atoms with Gasteiger partial charge in [0.2, 0.25) is 0 Å². The van der Waals surface area contributed by atoms with Crippen LogP contribution in [0, 0.1) is 0 Å². The molecule has 1 aromatic heterocycles. The van der Waals surface area contributed by atoms with Crippen LogP contribution in [0.15, 0.2) is 30.5 Å². The van der Waals surface area contributed by atoms with Crippen molar-refractivity contribution >= 4 is 22.4 Å². The number of nitrogens with one attached hydrogen (secondary N) is 1. The first-order chi connectivity index (χ1) is 12.9. The number of ether oxygens (including phenoxy) is 2. The predicted octanol–water partition coefficient (Wildman–Crippen LogP) is 4.54. The van der Waals surface area contributed by atoms with E-state index in [4.69, 9.17) is 0 Å². The highest BCUT2D eigenvalue weighted by atomic mass is 32.1. The van der Waals surface area contributed by atoms with Crippen molar-refractivity contribution in [2.24, 2.45) is 0 Å². The summed E-state index contributed by atoms with van der Waals surface area (Å²) in [5.41, 5.74) is 0.679. The second-order valence-corrected chi connectivity index (χ2v) is 6.67. The quantitative estimate of drug-likeness (QED) is 0.658. The van der Waals surface area contributed by atoms with E-state index >= 15 is 0 Å². The molecule has 5 nitrogen and oxygen atoms in total. The largest absolute Gasteiger partial charge is 0.573 e. The molecule has 28 heavy (non-hydrogen) atoms. The van der Waals surface area contributed by atoms with Gasteiger partial charge in [0.15, 0.2) is 5.13 Å². The van der Waals surface area contributed by atoms with Crippen molar-refractivity contribution in [1.29, 1.82) is 0 Å². The SMILES string of the molecule is CC(OCC(F)(F)F)C(=O)Nc1ncc(Cc2ccc(OC(F)(F)F)cc2)s1. The third-order valence-electron chi connectivity index (χ3n) is 3.19. The number of hydrogen-bond donors (Lipinski definition) is 1. The lowest BCUT2D eigenvalue weighted by Gasteiger charge is -2.13. The van der Waals surface area contributed by atoms with Crippen LogP contribution in [0.3, 0.4) is 0 Å². The van der Waals surface area contributed by atoms with Crippen LogP contribution in [0.1, 0.15) is 17.4 Å². The normalized spacial score (nSPS) is 13.2. The lowest BCUT2D eigenvalue weighted by atomic mass is 10.1. The number of benzene rings is 1. The Morgan fingerprint density at radius 1 is 1.18 bits per heavy atom. The fourth-order valence-electron chi connectivity index (χ4n) is 1.96. The van der Waals surface area contributed by atoms with E-state index in [1.54, 1.807) is 0 Å². The van der Waals surface area contributed by atoms with Crippen LogP contribution in [0.2, 0.25) is 0 Å². The van der Waals surface area contributed by atoms with Crippen LogP contribution in [0.5, 0.6) is 5.75 Å². The lowest BCUT2D eigenvalue weighted by Crippen LogP contribution is -2.31. The van der Waals surface area contributed by atoms with E-state index < -0.39 is 31.2 Å². The Balaban J connectivity index is 1.89. The summed E-state index contributed by atoms with van der Waals surface area (Å²) in [4.78, 5) is 16.4. The maximum atomic E-state index is 12.1. The Kier molecular flexibility index (Phi) is 6.88. The van der Waals surface area contributed by atoms with E-state index in [1.165, 1.54) is 37.4 Å².